The van der Waals surface area contributed by atoms with Crippen LogP contribution in [0.3, 0.4) is 0 Å². The molecule has 0 saturated carbocycles. The van der Waals surface area contributed by atoms with E-state index in [4.69, 9.17) is 4.99 Å². The second-order valence-corrected chi connectivity index (χ2v) is 8.60. The summed E-state index contributed by atoms with van der Waals surface area (Å²) in [5.74, 6) is 6.61. The summed E-state index contributed by atoms with van der Waals surface area (Å²) in [6.07, 6.45) is 4.69. The number of hydrogen-bond donors (Lipinski definition) is 0. The molecule has 0 fully saturated rings. The lowest BCUT2D eigenvalue weighted by Crippen LogP contribution is -2.48. The van der Waals surface area contributed by atoms with E-state index >= 15 is 0 Å². The smallest absolute Gasteiger partial charge is 0.261 e. The van der Waals surface area contributed by atoms with Gasteiger partial charge < -0.3 is 0 Å². The van der Waals surface area contributed by atoms with Crippen molar-refractivity contribution in [2.24, 2.45) is 10.4 Å². The van der Waals surface area contributed by atoms with Crippen molar-refractivity contribution in [3.8, 4) is 11.8 Å². The highest BCUT2D eigenvalue weighted by atomic mass is 32.2. The molecular weight excluding hydrogens is 376 g/mol. The number of amides is 1. The second-order valence-electron chi connectivity index (χ2n) is 7.83. The number of benzene rings is 2. The number of fused-ring (bicyclic) bond motifs is 2. The van der Waals surface area contributed by atoms with Crippen LogP contribution in [0.2, 0.25) is 0 Å². The van der Waals surface area contributed by atoms with Gasteiger partial charge in [0, 0.05) is 23.6 Å². The third-order valence-electron chi connectivity index (χ3n) is 6.62. The van der Waals surface area contributed by atoms with Crippen LogP contribution >= 0.6 is 11.8 Å². The maximum atomic E-state index is 13.6. The molecule has 0 saturated heterocycles. The van der Waals surface area contributed by atoms with Crippen molar-refractivity contribution in [1.29, 1.82) is 0 Å². The molecule has 1 aliphatic carbocycles. The standard InChI is InChI=1S/C25H26N2OS/c1-5-24(6-2)17-20-15-14-19(13-12-18-10-8-7-9-11-18)16-21(20)25(24)22(28)27(3)23(26-25)29-4/h7-11,14-16H,5-6,17H2,1-4H3. The number of carbonyl (C=O) groups excluding carboxylic acids is 1. The first-order valence-electron chi connectivity index (χ1n) is 10.1. The highest BCUT2D eigenvalue weighted by molar-refractivity contribution is 8.13. The highest BCUT2D eigenvalue weighted by Gasteiger charge is 2.64. The van der Waals surface area contributed by atoms with E-state index < -0.39 is 5.54 Å². The van der Waals surface area contributed by atoms with Crippen molar-refractivity contribution in [3.05, 3.63) is 70.8 Å². The molecule has 2 aliphatic rings. The molecule has 2 aromatic rings. The van der Waals surface area contributed by atoms with Crippen LogP contribution in [0, 0.1) is 17.3 Å². The zero-order chi connectivity index (χ0) is 20.6. The van der Waals surface area contributed by atoms with E-state index in [-0.39, 0.29) is 11.3 Å². The summed E-state index contributed by atoms with van der Waals surface area (Å²) in [5.41, 5.74) is 3.16. The Labute approximate surface area is 177 Å². The first-order chi connectivity index (χ1) is 14.0. The minimum Gasteiger partial charge on any atom is -0.292 e. The SMILES string of the molecule is CCC1(CC)Cc2ccc(C#Cc3ccccc3)cc2C12N=C(SC)N(C)C2=O. The number of aliphatic imine (C=N–C) groups is 1. The second kappa shape index (κ2) is 7.39. The van der Waals surface area contributed by atoms with Crippen LogP contribution < -0.4 is 0 Å². The molecule has 3 nitrogen and oxygen atoms in total. The van der Waals surface area contributed by atoms with Gasteiger partial charge in [-0.15, -0.1) is 0 Å². The van der Waals surface area contributed by atoms with Gasteiger partial charge in [-0.1, -0.05) is 61.7 Å². The number of thioether (sulfide) groups is 1. The molecule has 1 atom stereocenters. The predicted octanol–water partition coefficient (Wildman–Crippen LogP) is 4.84. The van der Waals surface area contributed by atoms with Crippen molar-refractivity contribution >= 4 is 22.8 Å². The fraction of sp³-hybridized carbons (Fsp3) is 0.360. The van der Waals surface area contributed by atoms with Gasteiger partial charge in [-0.2, -0.15) is 0 Å². The van der Waals surface area contributed by atoms with Gasteiger partial charge in [0.1, 0.15) is 0 Å². The Balaban J connectivity index is 1.87. The number of hydrogen-bond acceptors (Lipinski definition) is 3. The van der Waals surface area contributed by atoms with Crippen LogP contribution in [0.5, 0.6) is 0 Å². The van der Waals surface area contributed by atoms with Crippen molar-refractivity contribution in [3.63, 3.8) is 0 Å². The Morgan fingerprint density at radius 1 is 1.07 bits per heavy atom. The van der Waals surface area contributed by atoms with Gasteiger partial charge in [0.05, 0.1) is 0 Å². The summed E-state index contributed by atoms with van der Waals surface area (Å²) in [6.45, 7) is 4.38. The summed E-state index contributed by atoms with van der Waals surface area (Å²) >= 11 is 1.54. The summed E-state index contributed by atoms with van der Waals surface area (Å²) in [5, 5.41) is 0.801. The van der Waals surface area contributed by atoms with E-state index in [2.05, 4.69) is 43.9 Å². The third-order valence-corrected chi connectivity index (χ3v) is 7.35. The number of rotatable bonds is 2. The quantitative estimate of drug-likeness (QED) is 0.674. The number of nitrogens with zero attached hydrogens (tertiary/aromatic N) is 2. The number of likely N-dealkylation sites (N-methyl/N-ethyl adjacent to an activating group) is 1. The van der Waals surface area contributed by atoms with Crippen molar-refractivity contribution in [2.45, 2.75) is 38.6 Å². The molecule has 0 radical (unpaired) electrons. The average molecular weight is 403 g/mol. The molecule has 4 heteroatoms. The van der Waals surface area contributed by atoms with Crippen molar-refractivity contribution in [2.75, 3.05) is 13.3 Å². The zero-order valence-electron chi connectivity index (χ0n) is 17.5. The normalized spacial score (nSPS) is 21.7. The Bertz CT molecular complexity index is 1040. The summed E-state index contributed by atoms with van der Waals surface area (Å²) in [4.78, 5) is 20.5. The molecule has 1 aliphatic heterocycles. The molecule has 29 heavy (non-hydrogen) atoms. The lowest BCUT2D eigenvalue weighted by molar-refractivity contribution is -0.135. The lowest BCUT2D eigenvalue weighted by Gasteiger charge is -2.39. The molecule has 4 rings (SSSR count). The van der Waals surface area contributed by atoms with Crippen LogP contribution in [0.25, 0.3) is 0 Å². The minimum atomic E-state index is -0.830. The highest BCUT2D eigenvalue weighted by Crippen LogP contribution is 2.59. The van der Waals surface area contributed by atoms with E-state index in [1.54, 1.807) is 16.7 Å². The van der Waals surface area contributed by atoms with E-state index in [0.717, 1.165) is 41.1 Å². The molecule has 1 unspecified atom stereocenters. The van der Waals surface area contributed by atoms with Crippen LogP contribution in [-0.2, 0) is 16.8 Å². The lowest BCUT2D eigenvalue weighted by atomic mass is 9.66. The van der Waals surface area contributed by atoms with Crippen molar-refractivity contribution < 1.29 is 4.79 Å². The molecular formula is C25H26N2OS. The van der Waals surface area contributed by atoms with Gasteiger partial charge in [-0.25, -0.2) is 4.99 Å². The monoisotopic (exact) mass is 402 g/mol. The number of amidine groups is 1. The molecule has 148 valence electrons. The average Bonchev–Trinajstić information content (AvgIpc) is 3.20. The molecule has 1 heterocycles. The largest absolute Gasteiger partial charge is 0.292 e. The maximum Gasteiger partial charge on any atom is 0.261 e. The zero-order valence-corrected chi connectivity index (χ0v) is 18.3. The van der Waals surface area contributed by atoms with Gasteiger partial charge in [0.2, 0.25) is 0 Å². The molecule has 2 aromatic carbocycles. The Morgan fingerprint density at radius 2 is 1.76 bits per heavy atom. The minimum absolute atomic E-state index is 0.0949. The van der Waals surface area contributed by atoms with Gasteiger partial charge in [-0.3, -0.25) is 9.69 Å². The number of carbonyl (C=O) groups is 1. The van der Waals surface area contributed by atoms with Crippen LogP contribution in [-0.4, -0.2) is 29.3 Å². The molecule has 0 aromatic heterocycles. The van der Waals surface area contributed by atoms with Gasteiger partial charge in [0.25, 0.3) is 5.91 Å². The van der Waals surface area contributed by atoms with E-state index in [1.165, 1.54) is 5.56 Å². The molecule has 1 spiro atoms. The van der Waals surface area contributed by atoms with Gasteiger partial charge in [-0.05, 0) is 60.9 Å². The fourth-order valence-corrected chi connectivity index (χ4v) is 5.49. The Hall–Kier alpha value is -2.51. The van der Waals surface area contributed by atoms with E-state index in [1.807, 2.05) is 43.6 Å². The van der Waals surface area contributed by atoms with Crippen LogP contribution in [0.15, 0.2) is 53.5 Å². The molecule has 0 N–H and O–H groups in total. The summed E-state index contributed by atoms with van der Waals surface area (Å²) in [7, 11) is 1.85. The summed E-state index contributed by atoms with van der Waals surface area (Å²) in [6, 6.07) is 16.3. The Morgan fingerprint density at radius 3 is 2.38 bits per heavy atom. The van der Waals surface area contributed by atoms with E-state index in [9.17, 15) is 4.79 Å². The fourth-order valence-electron chi connectivity index (χ4n) is 4.90. The van der Waals surface area contributed by atoms with E-state index in [0.29, 0.717) is 0 Å². The first-order valence-corrected chi connectivity index (χ1v) is 11.4. The van der Waals surface area contributed by atoms with Gasteiger partial charge >= 0.3 is 0 Å². The summed E-state index contributed by atoms with van der Waals surface area (Å²) < 4.78 is 0. The predicted molar refractivity (Wildman–Crippen MR) is 121 cm³/mol. The Kier molecular flexibility index (Phi) is 5.04. The maximum absolute atomic E-state index is 13.6. The topological polar surface area (TPSA) is 32.7 Å². The molecule has 0 bridgehead atoms. The first kappa shape index (κ1) is 19.8. The van der Waals surface area contributed by atoms with Crippen molar-refractivity contribution in [1.82, 2.24) is 4.90 Å². The third kappa shape index (κ3) is 2.83. The van der Waals surface area contributed by atoms with Gasteiger partial charge in [0.15, 0.2) is 10.7 Å². The van der Waals surface area contributed by atoms with Crippen LogP contribution in [0.4, 0.5) is 0 Å². The van der Waals surface area contributed by atoms with Crippen LogP contribution in [0.1, 0.15) is 48.9 Å². The molecule has 1 amide bonds.